The van der Waals surface area contributed by atoms with E-state index < -0.39 is 0 Å². The molecular weight excluding hydrogens is 270 g/mol. The Hall–Kier alpha value is -1.40. The van der Waals surface area contributed by atoms with Gasteiger partial charge >= 0.3 is 0 Å². The molecular formula is C15H23N3O3. The molecule has 6 heteroatoms. The zero-order valence-corrected chi connectivity index (χ0v) is 12.5. The van der Waals surface area contributed by atoms with E-state index in [-0.39, 0.29) is 18.6 Å². The summed E-state index contributed by atoms with van der Waals surface area (Å²) in [6.07, 6.45) is 3.20. The van der Waals surface area contributed by atoms with Crippen LogP contribution in [-0.4, -0.2) is 64.8 Å². The summed E-state index contributed by atoms with van der Waals surface area (Å²) in [6.45, 7) is 5.28. The van der Waals surface area contributed by atoms with Crippen molar-refractivity contribution >= 4 is 5.91 Å². The molecule has 1 atom stereocenters. The molecule has 1 amide bonds. The molecule has 1 aliphatic heterocycles. The van der Waals surface area contributed by atoms with E-state index in [9.17, 15) is 9.90 Å². The van der Waals surface area contributed by atoms with Gasteiger partial charge in [0, 0.05) is 44.2 Å². The average Bonchev–Trinajstić information content (AvgIpc) is 3.28. The van der Waals surface area contributed by atoms with Gasteiger partial charge in [-0.25, -0.2) is 0 Å². The SMILES string of the molecule is C[C@H](CO)N1CCCN(C(=O)c2cc(C3CC3)on2)CC1. The van der Waals surface area contributed by atoms with Crippen LogP contribution in [0, 0.1) is 0 Å². The highest BCUT2D eigenvalue weighted by Gasteiger charge is 2.30. The Morgan fingerprint density at radius 3 is 2.95 bits per heavy atom. The molecule has 21 heavy (non-hydrogen) atoms. The summed E-state index contributed by atoms with van der Waals surface area (Å²) >= 11 is 0. The van der Waals surface area contributed by atoms with E-state index in [1.165, 1.54) is 0 Å². The molecule has 3 rings (SSSR count). The second-order valence-corrected chi connectivity index (χ2v) is 6.10. The molecule has 1 aromatic heterocycles. The molecule has 1 saturated heterocycles. The smallest absolute Gasteiger partial charge is 0.276 e. The predicted molar refractivity (Wildman–Crippen MR) is 77.1 cm³/mol. The van der Waals surface area contributed by atoms with E-state index in [1.54, 1.807) is 6.07 Å². The molecule has 2 aliphatic rings. The second-order valence-electron chi connectivity index (χ2n) is 6.10. The van der Waals surface area contributed by atoms with Crippen LogP contribution in [0.2, 0.25) is 0 Å². The van der Waals surface area contributed by atoms with Crippen molar-refractivity contribution in [2.24, 2.45) is 0 Å². The van der Waals surface area contributed by atoms with Gasteiger partial charge in [-0.15, -0.1) is 0 Å². The molecule has 0 bridgehead atoms. The van der Waals surface area contributed by atoms with E-state index in [2.05, 4.69) is 10.1 Å². The third-order valence-electron chi connectivity index (χ3n) is 4.43. The van der Waals surface area contributed by atoms with Crippen molar-refractivity contribution in [3.8, 4) is 0 Å². The van der Waals surface area contributed by atoms with E-state index in [0.717, 1.165) is 44.7 Å². The van der Waals surface area contributed by atoms with Gasteiger partial charge in [0.15, 0.2) is 5.69 Å². The predicted octanol–water partition coefficient (Wildman–Crippen LogP) is 1.08. The van der Waals surface area contributed by atoms with Gasteiger partial charge in [-0.2, -0.15) is 0 Å². The lowest BCUT2D eigenvalue weighted by atomic mass is 10.2. The fourth-order valence-electron chi connectivity index (χ4n) is 2.81. The normalized spacial score (nSPS) is 22.1. The summed E-state index contributed by atoms with van der Waals surface area (Å²) in [7, 11) is 0. The van der Waals surface area contributed by atoms with Gasteiger partial charge in [0.25, 0.3) is 5.91 Å². The fraction of sp³-hybridized carbons (Fsp3) is 0.733. The van der Waals surface area contributed by atoms with Crippen LogP contribution in [-0.2, 0) is 0 Å². The minimum Gasteiger partial charge on any atom is -0.395 e. The summed E-state index contributed by atoms with van der Waals surface area (Å²) in [4.78, 5) is 16.6. The number of carbonyl (C=O) groups is 1. The van der Waals surface area contributed by atoms with E-state index in [4.69, 9.17) is 4.52 Å². The van der Waals surface area contributed by atoms with Gasteiger partial charge in [-0.3, -0.25) is 9.69 Å². The molecule has 6 nitrogen and oxygen atoms in total. The van der Waals surface area contributed by atoms with Crippen LogP contribution in [0.25, 0.3) is 0 Å². The molecule has 0 aromatic carbocycles. The van der Waals surface area contributed by atoms with Crippen LogP contribution in [0.5, 0.6) is 0 Å². The number of hydrogen-bond donors (Lipinski definition) is 1. The summed E-state index contributed by atoms with van der Waals surface area (Å²) < 4.78 is 5.27. The molecule has 116 valence electrons. The van der Waals surface area contributed by atoms with Crippen LogP contribution in [0.15, 0.2) is 10.6 Å². The zero-order chi connectivity index (χ0) is 14.8. The van der Waals surface area contributed by atoms with Crippen LogP contribution >= 0.6 is 0 Å². The van der Waals surface area contributed by atoms with Crippen LogP contribution in [0.3, 0.4) is 0 Å². The fourth-order valence-corrected chi connectivity index (χ4v) is 2.81. The number of carbonyl (C=O) groups excluding carboxylic acids is 1. The molecule has 0 unspecified atom stereocenters. The quantitative estimate of drug-likeness (QED) is 0.899. The van der Waals surface area contributed by atoms with E-state index in [1.807, 2.05) is 11.8 Å². The first-order valence-corrected chi connectivity index (χ1v) is 7.80. The number of rotatable bonds is 4. The highest BCUT2D eigenvalue weighted by molar-refractivity contribution is 5.92. The minimum atomic E-state index is -0.0378. The van der Waals surface area contributed by atoms with Gasteiger partial charge in [0.2, 0.25) is 0 Å². The Morgan fingerprint density at radius 2 is 2.24 bits per heavy atom. The van der Waals surface area contributed by atoms with Gasteiger partial charge in [0.1, 0.15) is 5.76 Å². The number of amides is 1. The second kappa shape index (κ2) is 6.15. The van der Waals surface area contributed by atoms with Crippen molar-refractivity contribution in [2.45, 2.75) is 38.1 Å². The lowest BCUT2D eigenvalue weighted by molar-refractivity contribution is 0.0743. The van der Waals surface area contributed by atoms with E-state index >= 15 is 0 Å². The van der Waals surface area contributed by atoms with Crippen molar-refractivity contribution < 1.29 is 14.4 Å². The molecule has 2 fully saturated rings. The first-order valence-electron chi connectivity index (χ1n) is 7.80. The number of aliphatic hydroxyl groups excluding tert-OH is 1. The largest absolute Gasteiger partial charge is 0.395 e. The summed E-state index contributed by atoms with van der Waals surface area (Å²) in [6, 6.07) is 1.95. The van der Waals surface area contributed by atoms with Crippen molar-refractivity contribution in [3.63, 3.8) is 0 Å². The topological polar surface area (TPSA) is 69.8 Å². The lowest BCUT2D eigenvalue weighted by Crippen LogP contribution is -2.39. The van der Waals surface area contributed by atoms with Crippen LogP contribution < -0.4 is 0 Å². The standard InChI is InChI=1S/C15H23N3O3/c1-11(10-19)17-5-2-6-18(8-7-17)15(20)13-9-14(21-16-13)12-3-4-12/h9,11-12,19H,2-8,10H2,1H3/t11-/m1/s1. The van der Waals surface area contributed by atoms with Gasteiger partial charge in [-0.05, 0) is 26.2 Å². The highest BCUT2D eigenvalue weighted by Crippen LogP contribution is 2.40. The van der Waals surface area contributed by atoms with Crippen molar-refractivity contribution in [2.75, 3.05) is 32.8 Å². The van der Waals surface area contributed by atoms with Crippen molar-refractivity contribution in [1.82, 2.24) is 15.0 Å². The van der Waals surface area contributed by atoms with Crippen LogP contribution in [0.1, 0.15) is 48.4 Å². The maximum Gasteiger partial charge on any atom is 0.276 e. The molecule has 1 aliphatic carbocycles. The molecule has 0 radical (unpaired) electrons. The van der Waals surface area contributed by atoms with Gasteiger partial charge < -0.3 is 14.5 Å². The Morgan fingerprint density at radius 1 is 1.43 bits per heavy atom. The molecule has 1 aromatic rings. The Balaban J connectivity index is 1.61. The molecule has 2 heterocycles. The number of nitrogens with zero attached hydrogens (tertiary/aromatic N) is 3. The first kappa shape index (κ1) is 14.5. The minimum absolute atomic E-state index is 0.0378. The van der Waals surface area contributed by atoms with Crippen molar-refractivity contribution in [3.05, 3.63) is 17.5 Å². The van der Waals surface area contributed by atoms with E-state index in [0.29, 0.717) is 18.2 Å². The molecule has 1 N–H and O–H groups in total. The Kier molecular flexibility index (Phi) is 4.26. The zero-order valence-electron chi connectivity index (χ0n) is 12.5. The van der Waals surface area contributed by atoms with Gasteiger partial charge in [-0.1, -0.05) is 5.16 Å². The summed E-state index contributed by atoms with van der Waals surface area (Å²) in [5.74, 6) is 1.29. The first-order chi connectivity index (χ1) is 10.2. The highest BCUT2D eigenvalue weighted by atomic mass is 16.5. The third kappa shape index (κ3) is 3.27. The summed E-state index contributed by atoms with van der Waals surface area (Å²) in [5, 5.41) is 13.2. The third-order valence-corrected chi connectivity index (χ3v) is 4.43. The van der Waals surface area contributed by atoms with Crippen LogP contribution in [0.4, 0.5) is 0 Å². The molecule has 1 saturated carbocycles. The van der Waals surface area contributed by atoms with Gasteiger partial charge in [0.05, 0.1) is 6.61 Å². The summed E-state index contributed by atoms with van der Waals surface area (Å²) in [5.41, 5.74) is 0.431. The number of aliphatic hydroxyl groups is 1. The maximum atomic E-state index is 12.5. The number of hydrogen-bond acceptors (Lipinski definition) is 5. The number of aromatic nitrogens is 1. The average molecular weight is 293 g/mol. The monoisotopic (exact) mass is 293 g/mol. The molecule has 0 spiro atoms. The Labute approximate surface area is 124 Å². The Bertz CT molecular complexity index is 498. The maximum absolute atomic E-state index is 12.5. The van der Waals surface area contributed by atoms with Crippen molar-refractivity contribution in [1.29, 1.82) is 0 Å². The lowest BCUT2D eigenvalue weighted by Gasteiger charge is -2.26.